The van der Waals surface area contributed by atoms with Crippen LogP contribution in [-0.2, 0) is 0 Å². The van der Waals surface area contributed by atoms with Gasteiger partial charge in [0.2, 0.25) is 5.88 Å². The molecule has 96 valence electrons. The largest absolute Gasteiger partial charge is 0.473 e. The van der Waals surface area contributed by atoms with E-state index in [-0.39, 0.29) is 6.10 Å². The smallest absolute Gasteiger partial charge is 0.232 e. The van der Waals surface area contributed by atoms with E-state index in [1.54, 1.807) is 0 Å². The van der Waals surface area contributed by atoms with E-state index >= 15 is 0 Å². The van der Waals surface area contributed by atoms with Gasteiger partial charge in [0.1, 0.15) is 17.7 Å². The Kier molecular flexibility index (Phi) is 3.83. The van der Waals surface area contributed by atoms with Gasteiger partial charge in [0.25, 0.3) is 0 Å². The van der Waals surface area contributed by atoms with Crippen LogP contribution in [0.3, 0.4) is 0 Å². The maximum absolute atomic E-state index is 9.17. The highest BCUT2D eigenvalue weighted by molar-refractivity contribution is 5.45. The molecule has 0 bridgehead atoms. The van der Waals surface area contributed by atoms with Crippen LogP contribution in [0.25, 0.3) is 0 Å². The molecule has 2 N–H and O–H groups in total. The van der Waals surface area contributed by atoms with Crippen molar-refractivity contribution in [1.82, 2.24) is 4.98 Å². The Balaban J connectivity index is 2.16. The topological polar surface area (TPSA) is 71.9 Å². The lowest BCUT2D eigenvalue weighted by atomic mass is 9.94. The van der Waals surface area contributed by atoms with Gasteiger partial charge in [0, 0.05) is 11.7 Å². The molecule has 0 spiro atoms. The zero-order valence-electron chi connectivity index (χ0n) is 10.9. The molecule has 1 aromatic heterocycles. The summed E-state index contributed by atoms with van der Waals surface area (Å²) in [6.45, 7) is 3.83. The minimum absolute atomic E-state index is 0.144. The van der Waals surface area contributed by atoms with Gasteiger partial charge in [-0.2, -0.15) is 5.26 Å². The van der Waals surface area contributed by atoms with Crippen molar-refractivity contribution in [2.75, 3.05) is 0 Å². The van der Waals surface area contributed by atoms with Crippen molar-refractivity contribution in [3.05, 3.63) is 22.9 Å². The summed E-state index contributed by atoms with van der Waals surface area (Å²) in [4.78, 5) is 4.34. The maximum atomic E-state index is 9.17. The minimum Gasteiger partial charge on any atom is -0.473 e. The van der Waals surface area contributed by atoms with Crippen LogP contribution in [0.5, 0.6) is 5.88 Å². The molecular weight excluding hydrogens is 226 g/mol. The maximum Gasteiger partial charge on any atom is 0.232 e. The summed E-state index contributed by atoms with van der Waals surface area (Å²) in [5.74, 6) is 0.482. The fourth-order valence-electron chi connectivity index (χ4n) is 2.39. The molecule has 1 aliphatic carbocycles. The zero-order valence-corrected chi connectivity index (χ0v) is 10.9. The number of pyridine rings is 1. The van der Waals surface area contributed by atoms with Gasteiger partial charge in [0.15, 0.2) is 0 Å². The molecule has 1 heterocycles. The molecule has 0 amide bonds. The molecule has 0 saturated heterocycles. The van der Waals surface area contributed by atoms with E-state index in [1.807, 2.05) is 19.9 Å². The summed E-state index contributed by atoms with van der Waals surface area (Å²) < 4.78 is 5.90. The second kappa shape index (κ2) is 5.36. The Bertz CT molecular complexity index is 471. The van der Waals surface area contributed by atoms with Crippen LogP contribution >= 0.6 is 0 Å². The number of nitrogens with two attached hydrogens (primary N) is 1. The highest BCUT2D eigenvalue weighted by Gasteiger charge is 2.22. The van der Waals surface area contributed by atoms with E-state index in [0.717, 1.165) is 36.9 Å². The van der Waals surface area contributed by atoms with Crippen molar-refractivity contribution in [2.45, 2.75) is 51.7 Å². The summed E-state index contributed by atoms with van der Waals surface area (Å²) in [5, 5.41) is 9.17. The molecule has 4 heteroatoms. The number of nitriles is 1. The Morgan fingerprint density at radius 2 is 2.00 bits per heavy atom. The monoisotopic (exact) mass is 245 g/mol. The lowest BCUT2D eigenvalue weighted by Crippen LogP contribution is -2.32. The van der Waals surface area contributed by atoms with E-state index in [1.165, 1.54) is 0 Å². The van der Waals surface area contributed by atoms with Gasteiger partial charge in [0.05, 0.1) is 0 Å². The highest BCUT2D eigenvalue weighted by Crippen LogP contribution is 2.26. The molecule has 2 rings (SSSR count). The molecular formula is C14H19N3O. The molecule has 0 aliphatic heterocycles. The fraction of sp³-hybridized carbons (Fsp3) is 0.571. The van der Waals surface area contributed by atoms with Crippen molar-refractivity contribution in [3.8, 4) is 11.9 Å². The van der Waals surface area contributed by atoms with Crippen LogP contribution in [0.4, 0.5) is 0 Å². The third-order valence-electron chi connectivity index (χ3n) is 3.42. The van der Waals surface area contributed by atoms with Crippen LogP contribution in [0.1, 0.15) is 42.5 Å². The second-order valence-corrected chi connectivity index (χ2v) is 5.03. The van der Waals surface area contributed by atoms with E-state index in [2.05, 4.69) is 11.1 Å². The van der Waals surface area contributed by atoms with Crippen LogP contribution < -0.4 is 10.5 Å². The molecule has 18 heavy (non-hydrogen) atoms. The third kappa shape index (κ3) is 2.80. The van der Waals surface area contributed by atoms with E-state index < -0.39 is 0 Å². The first-order chi connectivity index (χ1) is 8.60. The van der Waals surface area contributed by atoms with Crippen molar-refractivity contribution in [3.63, 3.8) is 0 Å². The molecule has 4 nitrogen and oxygen atoms in total. The lowest BCUT2D eigenvalue weighted by Gasteiger charge is -2.26. The first-order valence-corrected chi connectivity index (χ1v) is 6.40. The summed E-state index contributed by atoms with van der Waals surface area (Å²) >= 11 is 0. The third-order valence-corrected chi connectivity index (χ3v) is 3.42. The molecule has 1 aromatic rings. The number of aromatic nitrogens is 1. The van der Waals surface area contributed by atoms with Gasteiger partial charge in [-0.25, -0.2) is 4.98 Å². The average molecular weight is 245 g/mol. The van der Waals surface area contributed by atoms with Crippen LogP contribution in [0, 0.1) is 25.2 Å². The summed E-state index contributed by atoms with van der Waals surface area (Å²) in [5.41, 5.74) is 8.23. The SMILES string of the molecule is Cc1cc(C)c(C#N)c(OC2CCC(N)CC2)n1. The van der Waals surface area contributed by atoms with Gasteiger partial charge in [-0.05, 0) is 51.2 Å². The molecule has 0 atom stereocenters. The predicted molar refractivity (Wildman–Crippen MR) is 69.3 cm³/mol. The van der Waals surface area contributed by atoms with Crippen LogP contribution in [0.2, 0.25) is 0 Å². The van der Waals surface area contributed by atoms with E-state index in [0.29, 0.717) is 17.5 Å². The van der Waals surface area contributed by atoms with Gasteiger partial charge in [-0.15, -0.1) is 0 Å². The zero-order chi connectivity index (χ0) is 13.1. The van der Waals surface area contributed by atoms with E-state index in [9.17, 15) is 5.26 Å². The minimum atomic E-state index is 0.144. The van der Waals surface area contributed by atoms with Crippen LogP contribution in [0.15, 0.2) is 6.07 Å². The molecule has 1 fully saturated rings. The number of aryl methyl sites for hydroxylation is 2. The Hall–Kier alpha value is -1.60. The highest BCUT2D eigenvalue weighted by atomic mass is 16.5. The van der Waals surface area contributed by atoms with Gasteiger partial charge < -0.3 is 10.5 Å². The Labute approximate surface area is 108 Å². The van der Waals surface area contributed by atoms with Crippen LogP contribution in [-0.4, -0.2) is 17.1 Å². The summed E-state index contributed by atoms with van der Waals surface area (Å²) in [7, 11) is 0. The number of hydrogen-bond donors (Lipinski definition) is 1. The molecule has 0 radical (unpaired) electrons. The quantitative estimate of drug-likeness (QED) is 0.867. The van der Waals surface area contributed by atoms with Crippen molar-refractivity contribution in [2.24, 2.45) is 5.73 Å². The number of hydrogen-bond acceptors (Lipinski definition) is 4. The summed E-state index contributed by atoms with van der Waals surface area (Å²) in [6, 6.07) is 4.38. The molecule has 0 unspecified atom stereocenters. The molecule has 1 saturated carbocycles. The first-order valence-electron chi connectivity index (χ1n) is 6.40. The number of nitrogens with zero attached hydrogens (tertiary/aromatic N) is 2. The van der Waals surface area contributed by atoms with Gasteiger partial charge >= 0.3 is 0 Å². The normalized spacial score (nSPS) is 23.4. The van der Waals surface area contributed by atoms with E-state index in [4.69, 9.17) is 10.5 Å². The number of ether oxygens (including phenoxy) is 1. The van der Waals surface area contributed by atoms with Crippen molar-refractivity contribution >= 4 is 0 Å². The fourth-order valence-corrected chi connectivity index (χ4v) is 2.39. The Morgan fingerprint density at radius 3 is 2.61 bits per heavy atom. The van der Waals surface area contributed by atoms with Crippen molar-refractivity contribution in [1.29, 1.82) is 5.26 Å². The van der Waals surface area contributed by atoms with Gasteiger partial charge in [-0.3, -0.25) is 0 Å². The Morgan fingerprint density at radius 1 is 1.33 bits per heavy atom. The standard InChI is InChI=1S/C14H19N3O/c1-9-7-10(2)17-14(13(9)8-15)18-12-5-3-11(16)4-6-12/h7,11-12H,3-6,16H2,1-2H3. The van der Waals surface area contributed by atoms with Crippen molar-refractivity contribution < 1.29 is 4.74 Å². The lowest BCUT2D eigenvalue weighted by molar-refractivity contribution is 0.140. The van der Waals surface area contributed by atoms with Gasteiger partial charge in [-0.1, -0.05) is 0 Å². The molecule has 0 aromatic carbocycles. The average Bonchev–Trinajstić information content (AvgIpc) is 2.32. The predicted octanol–water partition coefficient (Wildman–Crippen LogP) is 2.22. The first kappa shape index (κ1) is 12.8. The molecule has 1 aliphatic rings. The number of rotatable bonds is 2. The summed E-state index contributed by atoms with van der Waals surface area (Å²) in [6.07, 6.45) is 4.00. The second-order valence-electron chi connectivity index (χ2n) is 5.03.